The highest BCUT2D eigenvalue weighted by atomic mass is 16.2. The quantitative estimate of drug-likeness (QED) is 0.682. The number of carbonyl (C=O) groups excluding carboxylic acids is 2. The number of benzene rings is 2. The van der Waals surface area contributed by atoms with Crippen LogP contribution >= 0.6 is 0 Å². The van der Waals surface area contributed by atoms with Crippen molar-refractivity contribution < 1.29 is 9.59 Å². The van der Waals surface area contributed by atoms with Gasteiger partial charge in [-0.3, -0.25) is 14.6 Å². The summed E-state index contributed by atoms with van der Waals surface area (Å²) in [6.07, 6.45) is 2.29. The summed E-state index contributed by atoms with van der Waals surface area (Å²) in [6, 6.07) is 18.7. The molecule has 1 aromatic heterocycles. The summed E-state index contributed by atoms with van der Waals surface area (Å²) in [5.74, 6) is -0.582. The van der Waals surface area contributed by atoms with Crippen molar-refractivity contribution >= 4 is 17.5 Å². The third kappa shape index (κ3) is 4.82. The Balaban J connectivity index is 1.69. The lowest BCUT2D eigenvalue weighted by molar-refractivity contribution is 0.0950. The van der Waals surface area contributed by atoms with Crippen LogP contribution < -0.4 is 10.6 Å². The molecule has 0 bridgehead atoms. The Bertz CT molecular complexity index is 998. The molecule has 0 spiro atoms. The van der Waals surface area contributed by atoms with E-state index in [0.717, 1.165) is 28.8 Å². The number of pyridine rings is 1. The van der Waals surface area contributed by atoms with Crippen molar-refractivity contribution in [2.24, 2.45) is 0 Å². The molecule has 2 amide bonds. The van der Waals surface area contributed by atoms with Crippen molar-refractivity contribution in [2.75, 3.05) is 5.32 Å². The summed E-state index contributed by atoms with van der Waals surface area (Å²) in [7, 11) is 0. The molecule has 0 aliphatic carbocycles. The molecule has 142 valence electrons. The zero-order valence-corrected chi connectivity index (χ0v) is 16.0. The topological polar surface area (TPSA) is 71.1 Å². The number of anilines is 1. The molecule has 2 N–H and O–H groups in total. The van der Waals surface area contributed by atoms with Gasteiger partial charge in [-0.05, 0) is 42.7 Å². The first-order valence-corrected chi connectivity index (χ1v) is 9.26. The summed E-state index contributed by atoms with van der Waals surface area (Å²) in [5, 5.41) is 5.75. The fourth-order valence-corrected chi connectivity index (χ4v) is 2.94. The predicted octanol–water partition coefficient (Wildman–Crippen LogP) is 4.13. The van der Waals surface area contributed by atoms with Gasteiger partial charge in [0.25, 0.3) is 11.8 Å². The molecule has 0 aliphatic rings. The number of hydrogen-bond donors (Lipinski definition) is 2. The smallest absolute Gasteiger partial charge is 0.274 e. The summed E-state index contributed by atoms with van der Waals surface area (Å²) < 4.78 is 0. The number of aryl methyl sites for hydroxylation is 2. The van der Waals surface area contributed by atoms with E-state index < -0.39 is 0 Å². The van der Waals surface area contributed by atoms with Crippen molar-refractivity contribution in [3.05, 3.63) is 94.8 Å². The minimum absolute atomic E-state index is 0.203. The van der Waals surface area contributed by atoms with Gasteiger partial charge in [0.05, 0.1) is 0 Å². The third-order valence-corrected chi connectivity index (χ3v) is 4.44. The van der Waals surface area contributed by atoms with Crippen LogP contribution in [0.3, 0.4) is 0 Å². The molecule has 0 atom stereocenters. The molecule has 3 aromatic rings. The third-order valence-electron chi connectivity index (χ3n) is 4.44. The normalized spacial score (nSPS) is 10.4. The number of carbonyl (C=O) groups is 2. The minimum Gasteiger partial charge on any atom is -0.348 e. The Hall–Kier alpha value is -3.47. The first-order valence-electron chi connectivity index (χ1n) is 9.26. The number of amides is 2. The highest BCUT2D eigenvalue weighted by molar-refractivity contribution is 6.05. The van der Waals surface area contributed by atoms with E-state index in [2.05, 4.69) is 15.6 Å². The summed E-state index contributed by atoms with van der Waals surface area (Å²) in [4.78, 5) is 29.1. The molecule has 0 saturated carbocycles. The molecule has 0 aliphatic heterocycles. The lowest BCUT2D eigenvalue weighted by Gasteiger charge is -2.10. The van der Waals surface area contributed by atoms with Gasteiger partial charge in [-0.1, -0.05) is 55.0 Å². The molecule has 0 fully saturated rings. The van der Waals surface area contributed by atoms with Gasteiger partial charge in [0.15, 0.2) is 0 Å². The van der Waals surface area contributed by atoms with Crippen LogP contribution in [0.25, 0.3) is 0 Å². The summed E-state index contributed by atoms with van der Waals surface area (Å²) in [6.45, 7) is 4.46. The molecule has 2 aromatic carbocycles. The van der Waals surface area contributed by atoms with Crippen molar-refractivity contribution in [3.8, 4) is 0 Å². The molecule has 3 rings (SSSR count). The molecule has 5 nitrogen and oxygen atoms in total. The Morgan fingerprint density at radius 1 is 0.964 bits per heavy atom. The van der Waals surface area contributed by atoms with Crippen LogP contribution in [0.4, 0.5) is 5.69 Å². The van der Waals surface area contributed by atoms with Crippen molar-refractivity contribution in [1.29, 1.82) is 0 Å². The second-order valence-electron chi connectivity index (χ2n) is 6.57. The van der Waals surface area contributed by atoms with Crippen LogP contribution in [-0.2, 0) is 13.0 Å². The number of para-hydroxylation sites is 1. The summed E-state index contributed by atoms with van der Waals surface area (Å²) in [5.41, 5.74) is 4.57. The number of aromatic nitrogens is 1. The second-order valence-corrected chi connectivity index (χ2v) is 6.57. The number of nitrogens with zero attached hydrogens (tertiary/aromatic N) is 1. The van der Waals surface area contributed by atoms with E-state index in [0.29, 0.717) is 12.1 Å². The van der Waals surface area contributed by atoms with Gasteiger partial charge in [-0.2, -0.15) is 0 Å². The maximum Gasteiger partial charge on any atom is 0.274 e. The van der Waals surface area contributed by atoms with Crippen molar-refractivity contribution in [1.82, 2.24) is 10.3 Å². The average molecular weight is 373 g/mol. The fraction of sp³-hybridized carbons (Fsp3) is 0.174. The lowest BCUT2D eigenvalue weighted by Crippen LogP contribution is -2.24. The van der Waals surface area contributed by atoms with Gasteiger partial charge >= 0.3 is 0 Å². The Morgan fingerprint density at radius 3 is 2.57 bits per heavy atom. The van der Waals surface area contributed by atoms with Crippen LogP contribution in [-0.4, -0.2) is 16.8 Å². The molecule has 5 heteroatoms. The molecular weight excluding hydrogens is 350 g/mol. The zero-order valence-electron chi connectivity index (χ0n) is 16.0. The standard InChI is InChI=1S/C23H23N3O2/c1-3-18-9-4-5-10-20(18)26-23(28)21-14-19(11-12-24-21)22(27)25-15-17-8-6-7-16(2)13-17/h4-14H,3,15H2,1-2H3,(H,25,27)(H,26,28). The number of hydrogen-bond acceptors (Lipinski definition) is 3. The van der Waals surface area contributed by atoms with Crippen LogP contribution in [0.15, 0.2) is 66.9 Å². The van der Waals surface area contributed by atoms with E-state index in [9.17, 15) is 9.59 Å². The van der Waals surface area contributed by atoms with Crippen LogP contribution in [0.5, 0.6) is 0 Å². The van der Waals surface area contributed by atoms with E-state index in [1.165, 1.54) is 12.3 Å². The first kappa shape index (κ1) is 19.3. The van der Waals surface area contributed by atoms with Gasteiger partial charge in [0, 0.05) is 24.0 Å². The molecule has 0 unspecified atom stereocenters. The van der Waals surface area contributed by atoms with Crippen LogP contribution in [0.1, 0.15) is 44.5 Å². The SMILES string of the molecule is CCc1ccccc1NC(=O)c1cc(C(=O)NCc2cccc(C)c2)ccn1. The fourth-order valence-electron chi connectivity index (χ4n) is 2.94. The molecule has 0 radical (unpaired) electrons. The van der Waals surface area contributed by atoms with Gasteiger partial charge in [0.2, 0.25) is 0 Å². The monoisotopic (exact) mass is 373 g/mol. The van der Waals surface area contributed by atoms with Gasteiger partial charge in [-0.25, -0.2) is 0 Å². The Labute approximate surface area is 164 Å². The van der Waals surface area contributed by atoms with E-state index in [4.69, 9.17) is 0 Å². The number of nitrogens with one attached hydrogen (secondary N) is 2. The molecule has 1 heterocycles. The van der Waals surface area contributed by atoms with E-state index in [1.807, 2.05) is 62.4 Å². The van der Waals surface area contributed by atoms with Crippen LogP contribution in [0.2, 0.25) is 0 Å². The Morgan fingerprint density at radius 2 is 1.79 bits per heavy atom. The predicted molar refractivity (Wildman–Crippen MR) is 110 cm³/mol. The molecule has 0 saturated heterocycles. The largest absolute Gasteiger partial charge is 0.348 e. The van der Waals surface area contributed by atoms with E-state index in [-0.39, 0.29) is 17.5 Å². The van der Waals surface area contributed by atoms with E-state index in [1.54, 1.807) is 6.07 Å². The Kier molecular flexibility index (Phi) is 6.17. The maximum atomic E-state index is 12.6. The van der Waals surface area contributed by atoms with Crippen molar-refractivity contribution in [3.63, 3.8) is 0 Å². The van der Waals surface area contributed by atoms with Gasteiger partial charge < -0.3 is 10.6 Å². The molecule has 28 heavy (non-hydrogen) atoms. The highest BCUT2D eigenvalue weighted by Crippen LogP contribution is 2.16. The minimum atomic E-state index is -0.339. The summed E-state index contributed by atoms with van der Waals surface area (Å²) >= 11 is 0. The first-order chi connectivity index (χ1) is 13.6. The maximum absolute atomic E-state index is 12.6. The lowest BCUT2D eigenvalue weighted by atomic mass is 10.1. The average Bonchev–Trinajstić information content (AvgIpc) is 2.72. The highest BCUT2D eigenvalue weighted by Gasteiger charge is 2.13. The van der Waals surface area contributed by atoms with E-state index >= 15 is 0 Å². The van der Waals surface area contributed by atoms with Gasteiger partial charge in [0.1, 0.15) is 5.69 Å². The second kappa shape index (κ2) is 8.95. The van der Waals surface area contributed by atoms with Crippen molar-refractivity contribution in [2.45, 2.75) is 26.8 Å². The number of rotatable bonds is 6. The zero-order chi connectivity index (χ0) is 19.9. The van der Waals surface area contributed by atoms with Crippen LogP contribution in [0, 0.1) is 6.92 Å². The van der Waals surface area contributed by atoms with Gasteiger partial charge in [-0.15, -0.1) is 0 Å². The molecular formula is C23H23N3O2.